The molecule has 0 aromatic heterocycles. The molecule has 5 heteroatoms. The van der Waals surface area contributed by atoms with E-state index in [2.05, 4.69) is 15.3 Å². The molecule has 2 aliphatic heterocycles. The molecule has 1 aromatic rings. The molecule has 2 saturated heterocycles. The van der Waals surface area contributed by atoms with Crippen LogP contribution in [0.5, 0.6) is 5.75 Å². The lowest BCUT2D eigenvalue weighted by atomic mass is 10.1. The number of phenols is 1. The molecule has 3 rings (SSSR count). The second-order valence-corrected chi connectivity index (χ2v) is 4.83. The predicted octanol–water partition coefficient (Wildman–Crippen LogP) is 1.59. The first-order valence-corrected chi connectivity index (χ1v) is 6.30. The van der Waals surface area contributed by atoms with Gasteiger partial charge in [0.25, 0.3) is 0 Å². The fraction of sp³-hybridized carbons (Fsp3) is 0.417. The first-order chi connectivity index (χ1) is 8.25. The lowest BCUT2D eigenvalue weighted by molar-refractivity contribution is 0.00338. The number of nitrogens with zero attached hydrogens (tertiary/aromatic N) is 2. The van der Waals surface area contributed by atoms with Crippen LogP contribution in [-0.2, 0) is 0 Å². The fourth-order valence-electron chi connectivity index (χ4n) is 2.49. The van der Waals surface area contributed by atoms with Crippen LogP contribution < -0.4 is 5.32 Å². The van der Waals surface area contributed by atoms with Crippen molar-refractivity contribution in [1.82, 2.24) is 15.3 Å². The number of hydrogen-bond donors (Lipinski definition) is 2. The van der Waals surface area contributed by atoms with Gasteiger partial charge in [0.1, 0.15) is 11.9 Å². The normalized spacial score (nSPS) is 24.6. The van der Waals surface area contributed by atoms with E-state index in [9.17, 15) is 5.11 Å². The molecule has 0 bridgehead atoms. The van der Waals surface area contributed by atoms with Crippen LogP contribution in [0.4, 0.5) is 0 Å². The number of nitrogens with one attached hydrogen (secondary N) is 1. The summed E-state index contributed by atoms with van der Waals surface area (Å²) >= 11 is 5.34. The van der Waals surface area contributed by atoms with Crippen molar-refractivity contribution >= 4 is 17.3 Å². The Labute approximate surface area is 106 Å². The van der Waals surface area contributed by atoms with Crippen LogP contribution >= 0.6 is 12.2 Å². The average molecular weight is 249 g/mol. The van der Waals surface area contributed by atoms with Gasteiger partial charge in [0, 0.05) is 13.1 Å². The van der Waals surface area contributed by atoms with Crippen molar-refractivity contribution < 1.29 is 5.11 Å². The van der Waals surface area contributed by atoms with E-state index in [1.807, 2.05) is 12.1 Å². The molecular formula is C12H15N3OS. The van der Waals surface area contributed by atoms with E-state index in [0.29, 0.717) is 5.75 Å². The van der Waals surface area contributed by atoms with Crippen LogP contribution in [0.2, 0.25) is 0 Å². The number of phenolic OH excluding ortho intramolecular Hbond substituents is 1. The molecule has 1 unspecified atom stereocenters. The summed E-state index contributed by atoms with van der Waals surface area (Å²) in [6.07, 6.45) is 2.44. The first kappa shape index (κ1) is 10.8. The lowest BCUT2D eigenvalue weighted by Gasteiger charge is -2.35. The Morgan fingerprint density at radius 2 is 2.12 bits per heavy atom. The Morgan fingerprint density at radius 1 is 1.29 bits per heavy atom. The molecule has 17 heavy (non-hydrogen) atoms. The van der Waals surface area contributed by atoms with E-state index in [-0.39, 0.29) is 6.17 Å². The van der Waals surface area contributed by atoms with Gasteiger partial charge in [-0.2, -0.15) is 5.01 Å². The van der Waals surface area contributed by atoms with Crippen LogP contribution in [0.25, 0.3) is 0 Å². The van der Waals surface area contributed by atoms with Gasteiger partial charge in [-0.1, -0.05) is 12.1 Å². The summed E-state index contributed by atoms with van der Waals surface area (Å²) in [5.41, 5.74) is 1.05. The zero-order valence-electron chi connectivity index (χ0n) is 9.47. The van der Waals surface area contributed by atoms with Gasteiger partial charge in [0.05, 0.1) is 0 Å². The van der Waals surface area contributed by atoms with Gasteiger partial charge in [0.15, 0.2) is 5.11 Å². The Kier molecular flexibility index (Phi) is 2.64. The largest absolute Gasteiger partial charge is 0.508 e. The second-order valence-electron chi connectivity index (χ2n) is 4.44. The van der Waals surface area contributed by atoms with Crippen molar-refractivity contribution in [2.24, 2.45) is 0 Å². The minimum atomic E-state index is 0.0647. The molecule has 2 heterocycles. The van der Waals surface area contributed by atoms with E-state index >= 15 is 0 Å². The van der Waals surface area contributed by atoms with Crippen LogP contribution in [0, 0.1) is 0 Å². The summed E-state index contributed by atoms with van der Waals surface area (Å²) in [6.45, 7) is 1.99. The van der Waals surface area contributed by atoms with Crippen LogP contribution in [0.15, 0.2) is 24.3 Å². The van der Waals surface area contributed by atoms with E-state index < -0.39 is 0 Å². The first-order valence-electron chi connectivity index (χ1n) is 5.89. The van der Waals surface area contributed by atoms with Gasteiger partial charge < -0.3 is 10.4 Å². The number of fused-ring (bicyclic) bond motifs is 1. The van der Waals surface area contributed by atoms with E-state index in [1.165, 1.54) is 12.8 Å². The lowest BCUT2D eigenvalue weighted by Crippen LogP contribution is -2.44. The third-order valence-corrected chi connectivity index (χ3v) is 3.62. The molecule has 0 aliphatic carbocycles. The molecule has 0 saturated carbocycles. The molecule has 0 radical (unpaired) electrons. The van der Waals surface area contributed by atoms with Crippen molar-refractivity contribution in [3.63, 3.8) is 0 Å². The SMILES string of the molecule is Oc1cccc(C2NC(=S)N3CCCCN23)c1. The van der Waals surface area contributed by atoms with Crippen molar-refractivity contribution in [2.75, 3.05) is 13.1 Å². The maximum Gasteiger partial charge on any atom is 0.185 e. The number of rotatable bonds is 1. The topological polar surface area (TPSA) is 38.7 Å². The van der Waals surface area contributed by atoms with E-state index in [0.717, 1.165) is 23.8 Å². The highest BCUT2D eigenvalue weighted by Crippen LogP contribution is 2.30. The third kappa shape index (κ3) is 1.85. The molecular weight excluding hydrogens is 234 g/mol. The van der Waals surface area contributed by atoms with Crippen molar-refractivity contribution in [1.29, 1.82) is 0 Å². The zero-order valence-corrected chi connectivity index (χ0v) is 10.3. The number of hydrazine groups is 1. The Morgan fingerprint density at radius 3 is 2.94 bits per heavy atom. The predicted molar refractivity (Wildman–Crippen MR) is 69.2 cm³/mol. The molecule has 0 spiro atoms. The molecule has 0 amide bonds. The molecule has 2 aliphatic rings. The molecule has 2 N–H and O–H groups in total. The number of benzene rings is 1. The molecule has 4 nitrogen and oxygen atoms in total. The summed E-state index contributed by atoms with van der Waals surface area (Å²) in [5.74, 6) is 0.297. The minimum Gasteiger partial charge on any atom is -0.508 e. The third-order valence-electron chi connectivity index (χ3n) is 3.30. The van der Waals surface area contributed by atoms with Gasteiger partial charge >= 0.3 is 0 Å². The monoisotopic (exact) mass is 249 g/mol. The van der Waals surface area contributed by atoms with Gasteiger partial charge in [-0.25, -0.2) is 0 Å². The smallest absolute Gasteiger partial charge is 0.185 e. The summed E-state index contributed by atoms with van der Waals surface area (Å²) in [5, 5.41) is 18.0. The van der Waals surface area contributed by atoms with Crippen LogP contribution in [0.3, 0.4) is 0 Å². The minimum absolute atomic E-state index is 0.0647. The second kappa shape index (κ2) is 4.16. The standard InChI is InChI=1S/C12H15N3OS/c16-10-5-3-4-9(8-10)11-13-12(17)15-7-2-1-6-14(11)15/h3-5,8,11,16H,1-2,6-7H2,(H,13,17). The highest BCUT2D eigenvalue weighted by molar-refractivity contribution is 7.80. The number of hydrogen-bond acceptors (Lipinski definition) is 3. The highest BCUT2D eigenvalue weighted by atomic mass is 32.1. The molecule has 1 atom stereocenters. The van der Waals surface area contributed by atoms with Crippen molar-refractivity contribution in [3.05, 3.63) is 29.8 Å². The van der Waals surface area contributed by atoms with Gasteiger partial charge in [-0.15, -0.1) is 0 Å². The summed E-state index contributed by atoms with van der Waals surface area (Å²) in [6, 6.07) is 7.35. The Balaban J connectivity index is 1.91. The maximum atomic E-state index is 9.54. The highest BCUT2D eigenvalue weighted by Gasteiger charge is 2.36. The summed E-state index contributed by atoms with van der Waals surface area (Å²) in [4.78, 5) is 0. The Hall–Kier alpha value is -1.33. The van der Waals surface area contributed by atoms with Crippen LogP contribution in [-0.4, -0.2) is 33.3 Å². The maximum absolute atomic E-state index is 9.54. The number of thiocarbonyl (C=S) groups is 1. The number of aromatic hydroxyl groups is 1. The zero-order chi connectivity index (χ0) is 11.8. The van der Waals surface area contributed by atoms with Gasteiger partial charge in [-0.05, 0) is 42.8 Å². The molecule has 1 aromatic carbocycles. The van der Waals surface area contributed by atoms with Crippen molar-refractivity contribution in [2.45, 2.75) is 19.0 Å². The van der Waals surface area contributed by atoms with Gasteiger partial charge in [-0.3, -0.25) is 5.01 Å². The molecule has 90 valence electrons. The quantitative estimate of drug-likeness (QED) is 0.740. The summed E-state index contributed by atoms with van der Waals surface area (Å²) in [7, 11) is 0. The van der Waals surface area contributed by atoms with E-state index in [1.54, 1.807) is 12.1 Å². The summed E-state index contributed by atoms with van der Waals surface area (Å²) < 4.78 is 0. The Bertz CT molecular complexity index is 451. The van der Waals surface area contributed by atoms with Crippen LogP contribution in [0.1, 0.15) is 24.6 Å². The molecule has 2 fully saturated rings. The average Bonchev–Trinajstić information content (AvgIpc) is 2.68. The fourth-order valence-corrected chi connectivity index (χ4v) is 2.80. The van der Waals surface area contributed by atoms with Gasteiger partial charge in [0.2, 0.25) is 0 Å². The van der Waals surface area contributed by atoms with Crippen molar-refractivity contribution in [3.8, 4) is 5.75 Å². The van der Waals surface area contributed by atoms with E-state index in [4.69, 9.17) is 12.2 Å².